The van der Waals surface area contributed by atoms with E-state index in [9.17, 15) is 14.4 Å². The third kappa shape index (κ3) is 4.00. The summed E-state index contributed by atoms with van der Waals surface area (Å²) in [5.74, 6) is -1.18. The maximum Gasteiger partial charge on any atom is 0.303 e. The van der Waals surface area contributed by atoms with E-state index in [0.29, 0.717) is 33.6 Å². The highest BCUT2D eigenvalue weighted by atomic mass is 32.1. The average molecular weight is 351 g/mol. The maximum atomic E-state index is 12.6. The number of hydrogen-bond donors (Lipinski definition) is 2. The van der Waals surface area contributed by atoms with Crippen molar-refractivity contribution in [2.75, 3.05) is 6.54 Å². The normalized spacial score (nSPS) is 10.9. The first-order valence-corrected chi connectivity index (χ1v) is 8.75. The van der Waals surface area contributed by atoms with Gasteiger partial charge < -0.3 is 10.4 Å². The Bertz CT molecular complexity index is 809. The number of carboxylic acids is 1. The molecule has 0 aliphatic heterocycles. The van der Waals surface area contributed by atoms with E-state index in [-0.39, 0.29) is 24.4 Å². The van der Waals surface area contributed by atoms with Gasteiger partial charge in [-0.05, 0) is 25.3 Å². The lowest BCUT2D eigenvalue weighted by atomic mass is 10.2. The van der Waals surface area contributed by atoms with Crippen LogP contribution in [0.4, 0.5) is 0 Å². The summed E-state index contributed by atoms with van der Waals surface area (Å²) in [5.41, 5.74) is 0.515. The third-order valence-electron chi connectivity index (χ3n) is 3.73. The van der Waals surface area contributed by atoms with Crippen LogP contribution in [0, 0.1) is 6.92 Å². The second kappa shape index (κ2) is 8.05. The number of nitrogens with one attached hydrogen (secondary N) is 1. The highest BCUT2D eigenvalue weighted by molar-refractivity contribution is 7.20. The van der Waals surface area contributed by atoms with Gasteiger partial charge in [0.2, 0.25) is 0 Å². The van der Waals surface area contributed by atoms with Crippen molar-refractivity contribution < 1.29 is 14.7 Å². The number of carbonyl (C=O) groups is 2. The van der Waals surface area contributed by atoms with Crippen molar-refractivity contribution in [3.8, 4) is 0 Å². The summed E-state index contributed by atoms with van der Waals surface area (Å²) in [6.07, 6.45) is 3.79. The standard InChI is InChI=1S/C16H21N3O4S/c1-3-4-8-19-9-18-15-12(16(19)23)10(2)13(24-15)14(22)17-7-5-6-11(20)21/h9H,3-8H2,1-2H3,(H,17,22)(H,20,21). The Kier molecular flexibility index (Phi) is 6.08. The topological polar surface area (TPSA) is 101 Å². The maximum absolute atomic E-state index is 12.6. The molecule has 8 heteroatoms. The van der Waals surface area contributed by atoms with Gasteiger partial charge in [0.25, 0.3) is 11.5 Å². The Morgan fingerprint density at radius 3 is 2.79 bits per heavy atom. The van der Waals surface area contributed by atoms with Crippen molar-refractivity contribution in [3.05, 3.63) is 27.1 Å². The minimum absolute atomic E-state index is 0.00930. The molecule has 2 aromatic heterocycles. The van der Waals surface area contributed by atoms with Crippen LogP contribution < -0.4 is 10.9 Å². The molecule has 0 atom stereocenters. The molecule has 2 rings (SSSR count). The minimum Gasteiger partial charge on any atom is -0.481 e. The number of carbonyl (C=O) groups excluding carboxylic acids is 1. The molecule has 0 fully saturated rings. The van der Waals surface area contributed by atoms with E-state index in [1.54, 1.807) is 11.5 Å². The summed E-state index contributed by atoms with van der Waals surface area (Å²) >= 11 is 1.19. The van der Waals surface area contributed by atoms with Gasteiger partial charge in [0.05, 0.1) is 16.6 Å². The minimum atomic E-state index is -0.890. The molecule has 2 aromatic rings. The Morgan fingerprint density at radius 1 is 1.38 bits per heavy atom. The van der Waals surface area contributed by atoms with Crippen LogP contribution in [0.3, 0.4) is 0 Å². The number of unbranched alkanes of at least 4 members (excludes halogenated alkanes) is 1. The number of aromatic nitrogens is 2. The molecule has 7 nitrogen and oxygen atoms in total. The Labute approximate surface area is 143 Å². The first kappa shape index (κ1) is 18.1. The van der Waals surface area contributed by atoms with Gasteiger partial charge in [-0.25, -0.2) is 4.98 Å². The zero-order valence-electron chi connectivity index (χ0n) is 13.8. The number of carboxylic acid groups (broad SMARTS) is 1. The summed E-state index contributed by atoms with van der Waals surface area (Å²) in [5, 5.41) is 11.8. The van der Waals surface area contributed by atoms with Crippen molar-refractivity contribution >= 4 is 33.4 Å². The monoisotopic (exact) mass is 351 g/mol. The van der Waals surface area contributed by atoms with Crippen LogP contribution in [0.2, 0.25) is 0 Å². The van der Waals surface area contributed by atoms with Crippen LogP contribution in [0.5, 0.6) is 0 Å². The van der Waals surface area contributed by atoms with E-state index < -0.39 is 5.97 Å². The molecule has 0 aliphatic carbocycles. The van der Waals surface area contributed by atoms with E-state index in [0.717, 1.165) is 12.8 Å². The number of aryl methyl sites for hydroxylation is 2. The molecule has 0 aliphatic rings. The van der Waals surface area contributed by atoms with Gasteiger partial charge in [-0.3, -0.25) is 19.0 Å². The zero-order valence-corrected chi connectivity index (χ0v) is 14.6. The number of rotatable bonds is 8. The van der Waals surface area contributed by atoms with Crippen molar-refractivity contribution in [2.24, 2.45) is 0 Å². The van der Waals surface area contributed by atoms with E-state index >= 15 is 0 Å². The fourth-order valence-electron chi connectivity index (χ4n) is 2.39. The van der Waals surface area contributed by atoms with Crippen LogP contribution in [0.1, 0.15) is 47.8 Å². The molecule has 0 aromatic carbocycles. The molecule has 0 spiro atoms. The van der Waals surface area contributed by atoms with E-state index in [2.05, 4.69) is 17.2 Å². The highest BCUT2D eigenvalue weighted by Gasteiger charge is 2.19. The molecule has 0 radical (unpaired) electrons. The van der Waals surface area contributed by atoms with Gasteiger partial charge in [-0.15, -0.1) is 11.3 Å². The number of hydrogen-bond acceptors (Lipinski definition) is 5. The largest absolute Gasteiger partial charge is 0.481 e. The first-order chi connectivity index (χ1) is 11.5. The fraction of sp³-hybridized carbons (Fsp3) is 0.500. The van der Waals surface area contributed by atoms with Gasteiger partial charge in [0, 0.05) is 19.5 Å². The van der Waals surface area contributed by atoms with Crippen molar-refractivity contribution in [1.82, 2.24) is 14.9 Å². The molecule has 0 bridgehead atoms. The van der Waals surface area contributed by atoms with Crippen molar-refractivity contribution in [3.63, 3.8) is 0 Å². The molecule has 0 unspecified atom stereocenters. The van der Waals surface area contributed by atoms with Gasteiger partial charge in [-0.1, -0.05) is 13.3 Å². The highest BCUT2D eigenvalue weighted by Crippen LogP contribution is 2.26. The number of thiophene rings is 1. The quantitative estimate of drug-likeness (QED) is 0.710. The summed E-state index contributed by atoms with van der Waals surface area (Å²) in [6, 6.07) is 0. The second-order valence-electron chi connectivity index (χ2n) is 5.59. The average Bonchev–Trinajstić information content (AvgIpc) is 2.88. The Morgan fingerprint density at radius 2 is 2.12 bits per heavy atom. The number of nitrogens with zero attached hydrogens (tertiary/aromatic N) is 2. The number of fused-ring (bicyclic) bond motifs is 1. The lowest BCUT2D eigenvalue weighted by molar-refractivity contribution is -0.137. The van der Waals surface area contributed by atoms with Crippen LogP contribution in [-0.2, 0) is 11.3 Å². The number of aliphatic carboxylic acids is 1. The molecule has 24 heavy (non-hydrogen) atoms. The summed E-state index contributed by atoms with van der Waals surface area (Å²) in [7, 11) is 0. The fourth-order valence-corrected chi connectivity index (χ4v) is 3.44. The molecule has 2 N–H and O–H groups in total. The van der Waals surface area contributed by atoms with Crippen LogP contribution in [0.25, 0.3) is 10.2 Å². The van der Waals surface area contributed by atoms with Crippen molar-refractivity contribution in [2.45, 2.75) is 46.1 Å². The molecule has 0 saturated heterocycles. The molecule has 0 saturated carbocycles. The summed E-state index contributed by atoms with van der Waals surface area (Å²) in [4.78, 5) is 40.6. The van der Waals surface area contributed by atoms with Crippen LogP contribution in [-0.4, -0.2) is 33.1 Å². The predicted octanol–water partition coefficient (Wildman–Crippen LogP) is 2.16. The molecule has 130 valence electrons. The van der Waals surface area contributed by atoms with Crippen molar-refractivity contribution in [1.29, 1.82) is 0 Å². The molecular weight excluding hydrogens is 330 g/mol. The van der Waals surface area contributed by atoms with Gasteiger partial charge in [0.15, 0.2) is 0 Å². The SMILES string of the molecule is CCCCn1cnc2sc(C(=O)NCCCC(=O)O)c(C)c2c1=O. The Hall–Kier alpha value is -2.22. The summed E-state index contributed by atoms with van der Waals surface area (Å²) < 4.78 is 1.58. The molecule has 1 amide bonds. The van der Waals surface area contributed by atoms with Gasteiger partial charge >= 0.3 is 5.97 Å². The van der Waals surface area contributed by atoms with Crippen LogP contribution >= 0.6 is 11.3 Å². The van der Waals surface area contributed by atoms with Crippen LogP contribution in [0.15, 0.2) is 11.1 Å². The summed E-state index contributed by atoms with van der Waals surface area (Å²) in [6.45, 7) is 4.70. The first-order valence-electron chi connectivity index (χ1n) is 7.94. The number of amides is 1. The van der Waals surface area contributed by atoms with E-state index in [1.807, 2.05) is 0 Å². The second-order valence-corrected chi connectivity index (χ2v) is 6.59. The lowest BCUT2D eigenvalue weighted by Gasteiger charge is -2.04. The molecular formula is C16H21N3O4S. The third-order valence-corrected chi connectivity index (χ3v) is 4.93. The molecule has 2 heterocycles. The smallest absolute Gasteiger partial charge is 0.303 e. The van der Waals surface area contributed by atoms with Gasteiger partial charge in [0.1, 0.15) is 4.83 Å². The zero-order chi connectivity index (χ0) is 17.7. The van der Waals surface area contributed by atoms with Gasteiger partial charge in [-0.2, -0.15) is 0 Å². The van der Waals surface area contributed by atoms with E-state index in [1.165, 1.54) is 17.7 Å². The van der Waals surface area contributed by atoms with E-state index in [4.69, 9.17) is 5.11 Å². The Balaban J connectivity index is 2.21. The lowest BCUT2D eigenvalue weighted by Crippen LogP contribution is -2.25. The predicted molar refractivity (Wildman–Crippen MR) is 92.7 cm³/mol.